The summed E-state index contributed by atoms with van der Waals surface area (Å²) in [6.07, 6.45) is 11.9. The molecule has 1 nitrogen and oxygen atoms in total. The minimum atomic E-state index is 0.382. The van der Waals surface area contributed by atoms with Crippen LogP contribution in [0.3, 0.4) is 0 Å². The second kappa shape index (κ2) is 4.32. The number of hydrogen-bond donors (Lipinski definition) is 0. The molecule has 3 atom stereocenters. The Hall–Kier alpha value is -0.850. The topological polar surface area (TPSA) is 17.1 Å². The molecule has 0 aromatic carbocycles. The van der Waals surface area contributed by atoms with Gasteiger partial charge in [0.25, 0.3) is 0 Å². The molecular weight excluding hydrogens is 244 g/mol. The molecule has 0 aromatic heterocycles. The highest BCUT2D eigenvalue weighted by atomic mass is 16.1. The zero-order chi connectivity index (χ0) is 13.9. The second-order valence-corrected chi connectivity index (χ2v) is 8.07. The Morgan fingerprint density at radius 2 is 1.80 bits per heavy atom. The molecule has 0 saturated heterocycles. The lowest BCUT2D eigenvalue weighted by Gasteiger charge is -2.46. The first kappa shape index (κ1) is 12.9. The van der Waals surface area contributed by atoms with Gasteiger partial charge in [-0.1, -0.05) is 30.6 Å². The Bertz CT molecular complexity index is 520. The third-order valence-corrected chi connectivity index (χ3v) is 6.70. The van der Waals surface area contributed by atoms with Crippen molar-refractivity contribution in [2.75, 3.05) is 0 Å². The molecule has 0 amide bonds. The quantitative estimate of drug-likeness (QED) is 0.576. The molecule has 4 aliphatic carbocycles. The van der Waals surface area contributed by atoms with Gasteiger partial charge in [0.1, 0.15) is 0 Å². The van der Waals surface area contributed by atoms with Crippen molar-refractivity contribution in [1.29, 1.82) is 0 Å². The van der Waals surface area contributed by atoms with Crippen molar-refractivity contribution in [3.05, 3.63) is 22.8 Å². The Labute approximate surface area is 122 Å². The molecule has 0 aromatic rings. The summed E-state index contributed by atoms with van der Waals surface area (Å²) in [6.45, 7) is 4.90. The van der Waals surface area contributed by atoms with E-state index < -0.39 is 0 Å². The van der Waals surface area contributed by atoms with Gasteiger partial charge in [-0.3, -0.25) is 4.79 Å². The summed E-state index contributed by atoms with van der Waals surface area (Å²) in [5, 5.41) is 0. The minimum absolute atomic E-state index is 0.382. The lowest BCUT2D eigenvalue weighted by molar-refractivity contribution is -0.115. The number of allylic oxidation sites excluding steroid dienone is 4. The summed E-state index contributed by atoms with van der Waals surface area (Å²) in [5.41, 5.74) is 5.64. The highest BCUT2D eigenvalue weighted by molar-refractivity contribution is 5.91. The molecular formula is C19H26O. The lowest BCUT2D eigenvalue weighted by Crippen LogP contribution is -2.36. The molecule has 0 N–H and O–H groups in total. The summed E-state index contributed by atoms with van der Waals surface area (Å²) in [7, 11) is 0. The Balaban J connectivity index is 1.67. The van der Waals surface area contributed by atoms with Gasteiger partial charge in [0.05, 0.1) is 0 Å². The van der Waals surface area contributed by atoms with E-state index in [0.717, 1.165) is 30.6 Å². The van der Waals surface area contributed by atoms with Crippen LogP contribution in [0.1, 0.15) is 65.2 Å². The maximum Gasteiger partial charge on any atom is 0.155 e. The zero-order valence-electron chi connectivity index (χ0n) is 12.9. The van der Waals surface area contributed by atoms with Crippen LogP contribution in [0.2, 0.25) is 0 Å². The molecule has 0 aliphatic heterocycles. The first-order valence-electron chi connectivity index (χ1n) is 8.52. The van der Waals surface area contributed by atoms with Crippen LogP contribution in [0.5, 0.6) is 0 Å². The lowest BCUT2D eigenvalue weighted by atomic mass is 9.59. The maximum atomic E-state index is 11.7. The highest BCUT2D eigenvalue weighted by Crippen LogP contribution is 2.58. The average molecular weight is 270 g/mol. The van der Waals surface area contributed by atoms with Crippen molar-refractivity contribution in [2.45, 2.75) is 65.2 Å². The van der Waals surface area contributed by atoms with Crippen LogP contribution >= 0.6 is 0 Å². The number of fused-ring (bicyclic) bond motifs is 4. The van der Waals surface area contributed by atoms with Gasteiger partial charge in [-0.25, -0.2) is 0 Å². The minimum Gasteiger partial charge on any atom is -0.295 e. The van der Waals surface area contributed by atoms with Gasteiger partial charge >= 0.3 is 0 Å². The number of rotatable bonds is 0. The number of ketones is 1. The summed E-state index contributed by atoms with van der Waals surface area (Å²) >= 11 is 0. The molecule has 0 radical (unpaired) electrons. The monoisotopic (exact) mass is 270 g/mol. The standard InChI is InChI=1S/C19H26O/c1-19(2)10-9-17-16-5-3-12-11-13(20)4-6-14(12)15(16)7-8-18(17)19/h11,14-16H,3-10H2,1-2H3/t14-,15+,16+/m0/s1. The zero-order valence-corrected chi connectivity index (χ0v) is 12.9. The predicted molar refractivity (Wildman–Crippen MR) is 81.3 cm³/mol. The van der Waals surface area contributed by atoms with Gasteiger partial charge < -0.3 is 0 Å². The van der Waals surface area contributed by atoms with E-state index >= 15 is 0 Å². The fourth-order valence-electron chi connectivity index (χ4n) is 5.67. The number of carbonyl (C=O) groups is 1. The van der Waals surface area contributed by atoms with Crippen molar-refractivity contribution in [3.8, 4) is 0 Å². The third kappa shape index (κ3) is 1.78. The van der Waals surface area contributed by atoms with Crippen molar-refractivity contribution < 1.29 is 4.79 Å². The first-order chi connectivity index (χ1) is 9.56. The molecule has 0 heterocycles. The fourth-order valence-corrected chi connectivity index (χ4v) is 5.67. The second-order valence-electron chi connectivity index (χ2n) is 8.07. The molecule has 0 bridgehead atoms. The fraction of sp³-hybridized carbons (Fsp3) is 0.737. The number of hydrogen-bond acceptors (Lipinski definition) is 1. The molecule has 1 heteroatoms. The van der Waals surface area contributed by atoms with E-state index in [2.05, 4.69) is 13.8 Å². The Morgan fingerprint density at radius 3 is 2.65 bits per heavy atom. The summed E-state index contributed by atoms with van der Waals surface area (Å²) in [5.74, 6) is 2.84. The van der Waals surface area contributed by atoms with Gasteiger partial charge in [0, 0.05) is 6.42 Å². The van der Waals surface area contributed by atoms with Crippen LogP contribution < -0.4 is 0 Å². The molecule has 0 spiro atoms. The van der Waals surface area contributed by atoms with Gasteiger partial charge in [0.2, 0.25) is 0 Å². The van der Waals surface area contributed by atoms with E-state index in [4.69, 9.17) is 0 Å². The van der Waals surface area contributed by atoms with Gasteiger partial charge in [-0.05, 0) is 74.2 Å². The molecule has 20 heavy (non-hydrogen) atoms. The summed E-state index contributed by atoms with van der Waals surface area (Å²) in [4.78, 5) is 11.7. The van der Waals surface area contributed by atoms with Gasteiger partial charge in [0.15, 0.2) is 5.78 Å². The molecule has 0 unspecified atom stereocenters. The molecule has 4 aliphatic rings. The molecule has 1 fully saturated rings. The third-order valence-electron chi connectivity index (χ3n) is 6.70. The van der Waals surface area contributed by atoms with Crippen molar-refractivity contribution in [1.82, 2.24) is 0 Å². The smallest absolute Gasteiger partial charge is 0.155 e. The van der Waals surface area contributed by atoms with Crippen LogP contribution in [0.4, 0.5) is 0 Å². The van der Waals surface area contributed by atoms with E-state index in [0.29, 0.717) is 11.2 Å². The van der Waals surface area contributed by atoms with Crippen LogP contribution in [-0.2, 0) is 4.79 Å². The normalized spacial score (nSPS) is 39.0. The van der Waals surface area contributed by atoms with E-state index in [-0.39, 0.29) is 0 Å². The summed E-state index contributed by atoms with van der Waals surface area (Å²) < 4.78 is 0. The van der Waals surface area contributed by atoms with Crippen LogP contribution in [-0.4, -0.2) is 5.78 Å². The van der Waals surface area contributed by atoms with Crippen molar-refractivity contribution in [2.24, 2.45) is 23.2 Å². The molecule has 4 rings (SSSR count). The largest absolute Gasteiger partial charge is 0.295 e. The van der Waals surface area contributed by atoms with Crippen molar-refractivity contribution >= 4 is 5.78 Å². The average Bonchev–Trinajstić information content (AvgIpc) is 2.74. The Morgan fingerprint density at radius 1 is 1.00 bits per heavy atom. The molecule has 1 saturated carbocycles. The van der Waals surface area contributed by atoms with Crippen LogP contribution in [0.15, 0.2) is 22.8 Å². The van der Waals surface area contributed by atoms with E-state index in [1.165, 1.54) is 44.1 Å². The highest BCUT2D eigenvalue weighted by Gasteiger charge is 2.46. The van der Waals surface area contributed by atoms with E-state index in [9.17, 15) is 4.79 Å². The van der Waals surface area contributed by atoms with Gasteiger partial charge in [-0.15, -0.1) is 0 Å². The van der Waals surface area contributed by atoms with Crippen LogP contribution in [0.25, 0.3) is 0 Å². The van der Waals surface area contributed by atoms with E-state index in [1.807, 2.05) is 17.2 Å². The maximum absolute atomic E-state index is 11.7. The predicted octanol–water partition coefficient (Wildman–Crippen LogP) is 4.83. The van der Waals surface area contributed by atoms with E-state index in [1.54, 1.807) is 0 Å². The Kier molecular flexibility index (Phi) is 2.78. The summed E-state index contributed by atoms with van der Waals surface area (Å²) in [6, 6.07) is 0. The molecule has 108 valence electrons. The van der Waals surface area contributed by atoms with Gasteiger partial charge in [-0.2, -0.15) is 0 Å². The van der Waals surface area contributed by atoms with Crippen LogP contribution in [0, 0.1) is 23.2 Å². The number of carbonyl (C=O) groups excluding carboxylic acids is 1. The SMILES string of the molecule is CC1(C)CCC2=C1CC[C@@H]1[C@H]3CCC(=O)C=C3CC[C@@H]21. The first-order valence-corrected chi connectivity index (χ1v) is 8.52. The van der Waals surface area contributed by atoms with Crippen molar-refractivity contribution in [3.63, 3.8) is 0 Å².